The maximum Gasteiger partial charge on any atom is 0.329 e. The highest BCUT2D eigenvalue weighted by Crippen LogP contribution is 2.33. The lowest BCUT2D eigenvalue weighted by Gasteiger charge is -2.38. The molecule has 0 unspecified atom stereocenters. The number of nitrogens with zero attached hydrogens (tertiary/aromatic N) is 1. The number of anilines is 2. The van der Waals surface area contributed by atoms with Crippen LogP contribution in [-0.2, 0) is 22.4 Å². The van der Waals surface area contributed by atoms with Crippen molar-refractivity contribution in [1.82, 2.24) is 0 Å². The Hall–Kier alpha value is -1.91. The second-order valence-corrected chi connectivity index (χ2v) is 9.22. The highest BCUT2D eigenvalue weighted by atomic mass is 35.5. The van der Waals surface area contributed by atoms with Crippen molar-refractivity contribution in [2.75, 3.05) is 29.9 Å². The summed E-state index contributed by atoms with van der Waals surface area (Å²) in [6.07, 6.45) is 4.42. The second kappa shape index (κ2) is 11.1. The van der Waals surface area contributed by atoms with Crippen molar-refractivity contribution in [2.24, 2.45) is 5.92 Å². The summed E-state index contributed by atoms with van der Waals surface area (Å²) >= 11 is 11.9. The van der Waals surface area contributed by atoms with E-state index in [-0.39, 0.29) is 17.9 Å². The zero-order valence-corrected chi connectivity index (χ0v) is 20.1. The van der Waals surface area contributed by atoms with E-state index in [1.807, 2.05) is 37.3 Å². The monoisotopic (exact) mass is 462 g/mol. The van der Waals surface area contributed by atoms with E-state index < -0.39 is 0 Å². The molecule has 0 fully saturated rings. The van der Waals surface area contributed by atoms with Crippen LogP contribution >= 0.6 is 23.2 Å². The van der Waals surface area contributed by atoms with Crippen LogP contribution in [0.3, 0.4) is 0 Å². The van der Waals surface area contributed by atoms with Gasteiger partial charge in [-0.2, -0.15) is 0 Å². The van der Waals surface area contributed by atoms with Gasteiger partial charge < -0.3 is 15.0 Å². The van der Waals surface area contributed by atoms with Gasteiger partial charge in [0.2, 0.25) is 0 Å². The van der Waals surface area contributed by atoms with Crippen molar-refractivity contribution >= 4 is 40.5 Å². The Labute approximate surface area is 195 Å². The quantitative estimate of drug-likeness (QED) is 0.535. The Kier molecular flexibility index (Phi) is 8.50. The van der Waals surface area contributed by atoms with Crippen molar-refractivity contribution in [3.63, 3.8) is 0 Å². The molecule has 4 nitrogen and oxygen atoms in total. The lowest BCUT2D eigenvalue weighted by molar-refractivity contribution is -0.145. The number of hydrogen-bond donors (Lipinski definition) is 1. The first-order valence-electron chi connectivity index (χ1n) is 11.1. The largest absolute Gasteiger partial charge is 0.464 e. The summed E-state index contributed by atoms with van der Waals surface area (Å²) in [6.45, 7) is 8.37. The highest BCUT2D eigenvalue weighted by Gasteiger charge is 2.33. The van der Waals surface area contributed by atoms with Crippen LogP contribution in [0.1, 0.15) is 44.7 Å². The van der Waals surface area contributed by atoms with Crippen LogP contribution in [0, 0.1) is 5.92 Å². The lowest BCUT2D eigenvalue weighted by atomic mass is 9.95. The van der Waals surface area contributed by atoms with Crippen molar-refractivity contribution in [2.45, 2.75) is 52.5 Å². The number of rotatable bonds is 4. The molecule has 2 aliphatic heterocycles. The fraction of sp³-hybridized carbons (Fsp3) is 0.480. The van der Waals surface area contributed by atoms with E-state index in [9.17, 15) is 4.79 Å². The molecule has 168 valence electrons. The third-order valence-corrected chi connectivity index (χ3v) is 6.17. The van der Waals surface area contributed by atoms with Crippen molar-refractivity contribution < 1.29 is 9.53 Å². The molecule has 0 radical (unpaired) electrons. The molecule has 2 aliphatic rings. The first-order valence-corrected chi connectivity index (χ1v) is 11.9. The van der Waals surface area contributed by atoms with Crippen LogP contribution in [-0.4, -0.2) is 31.7 Å². The highest BCUT2D eigenvalue weighted by molar-refractivity contribution is 6.31. The number of nitrogens with one attached hydrogen (secondary N) is 1. The third kappa shape index (κ3) is 6.08. The van der Waals surface area contributed by atoms with E-state index in [4.69, 9.17) is 27.9 Å². The number of esters is 1. The van der Waals surface area contributed by atoms with Gasteiger partial charge in [-0.15, -0.1) is 0 Å². The molecule has 2 heterocycles. The SMILES string of the molecule is CCOC(=O)[C@H](C(C)C)N1CCCc2cc(Cl)ccc21.Clc1ccc2c(c1)CCCN2. The topological polar surface area (TPSA) is 41.6 Å². The lowest BCUT2D eigenvalue weighted by Crippen LogP contribution is -2.48. The summed E-state index contributed by atoms with van der Waals surface area (Å²) in [7, 11) is 0. The minimum atomic E-state index is -0.227. The summed E-state index contributed by atoms with van der Waals surface area (Å²) in [6, 6.07) is 11.7. The van der Waals surface area contributed by atoms with Gasteiger partial charge >= 0.3 is 5.97 Å². The number of hydrogen-bond acceptors (Lipinski definition) is 4. The van der Waals surface area contributed by atoms with Gasteiger partial charge in [0.1, 0.15) is 6.04 Å². The molecule has 0 aliphatic carbocycles. The van der Waals surface area contributed by atoms with Gasteiger partial charge in [-0.05, 0) is 86.1 Å². The number of halogens is 2. The Balaban J connectivity index is 0.000000207. The number of benzene rings is 2. The van der Waals surface area contributed by atoms with Crippen LogP contribution in [0.15, 0.2) is 36.4 Å². The Morgan fingerprint density at radius 2 is 1.74 bits per heavy atom. The Morgan fingerprint density at radius 3 is 2.45 bits per heavy atom. The van der Waals surface area contributed by atoms with Gasteiger partial charge in [0.05, 0.1) is 6.61 Å². The van der Waals surface area contributed by atoms with E-state index >= 15 is 0 Å². The number of fused-ring (bicyclic) bond motifs is 2. The average Bonchev–Trinajstić information content (AvgIpc) is 2.74. The zero-order valence-electron chi connectivity index (χ0n) is 18.6. The smallest absolute Gasteiger partial charge is 0.329 e. The maximum absolute atomic E-state index is 12.3. The van der Waals surface area contributed by atoms with Crippen LogP contribution in [0.25, 0.3) is 0 Å². The van der Waals surface area contributed by atoms with Gasteiger partial charge in [0.15, 0.2) is 0 Å². The van der Waals surface area contributed by atoms with Crippen molar-refractivity contribution in [3.05, 3.63) is 57.6 Å². The summed E-state index contributed by atoms with van der Waals surface area (Å²) in [5, 5.41) is 4.92. The summed E-state index contributed by atoms with van der Waals surface area (Å²) in [5.41, 5.74) is 4.94. The molecule has 0 saturated heterocycles. The Morgan fingerprint density at radius 1 is 1.06 bits per heavy atom. The minimum absolute atomic E-state index is 0.134. The second-order valence-electron chi connectivity index (χ2n) is 8.34. The van der Waals surface area contributed by atoms with Crippen molar-refractivity contribution in [1.29, 1.82) is 0 Å². The normalized spacial score (nSPS) is 15.7. The van der Waals surface area contributed by atoms with Crippen molar-refractivity contribution in [3.8, 4) is 0 Å². The summed E-state index contributed by atoms with van der Waals surface area (Å²) in [4.78, 5) is 14.4. The first kappa shape index (κ1) is 23.7. The van der Waals surface area contributed by atoms with E-state index in [0.29, 0.717) is 6.61 Å². The van der Waals surface area contributed by atoms with Crippen LogP contribution in [0.4, 0.5) is 11.4 Å². The number of carbonyl (C=O) groups excluding carboxylic acids is 1. The maximum atomic E-state index is 12.3. The Bertz CT molecular complexity index is 901. The molecule has 0 aromatic heterocycles. The molecule has 0 saturated carbocycles. The predicted molar refractivity (Wildman–Crippen MR) is 131 cm³/mol. The fourth-order valence-electron chi connectivity index (χ4n) is 4.31. The van der Waals surface area contributed by atoms with E-state index in [0.717, 1.165) is 48.1 Å². The molecular weight excluding hydrogens is 431 g/mol. The third-order valence-electron chi connectivity index (χ3n) is 5.70. The van der Waals surface area contributed by atoms with Gasteiger partial charge in [-0.3, -0.25) is 0 Å². The summed E-state index contributed by atoms with van der Waals surface area (Å²) < 4.78 is 5.25. The molecule has 2 aromatic rings. The minimum Gasteiger partial charge on any atom is -0.464 e. The number of aryl methyl sites for hydroxylation is 2. The predicted octanol–water partition coefficient (Wildman–Crippen LogP) is 6.38. The van der Waals surface area contributed by atoms with Gasteiger partial charge in [0.25, 0.3) is 0 Å². The van der Waals surface area contributed by atoms with Gasteiger partial charge in [-0.1, -0.05) is 37.0 Å². The zero-order chi connectivity index (χ0) is 22.4. The van der Waals surface area contributed by atoms with Gasteiger partial charge in [0, 0.05) is 34.5 Å². The number of carbonyl (C=O) groups is 1. The molecule has 0 amide bonds. The molecule has 31 heavy (non-hydrogen) atoms. The molecule has 0 spiro atoms. The van der Waals surface area contributed by atoms with Crippen LogP contribution in [0.5, 0.6) is 0 Å². The van der Waals surface area contributed by atoms with Crippen LogP contribution in [0.2, 0.25) is 10.0 Å². The standard InChI is InChI=1S/C16H22ClNO2.C9H10ClN/c1-4-20-16(19)15(11(2)3)18-9-5-6-12-10-13(17)7-8-14(12)18;10-8-3-4-9-7(6-8)2-1-5-11-9/h7-8,10-11,15H,4-6,9H2,1-3H3;3-4,6,11H,1-2,5H2/t15-;/m0./s1. The van der Waals surface area contributed by atoms with E-state index in [1.165, 1.54) is 23.2 Å². The first-order chi connectivity index (χ1) is 14.9. The molecule has 0 bridgehead atoms. The number of ether oxygens (including phenoxy) is 1. The summed E-state index contributed by atoms with van der Waals surface area (Å²) in [5.74, 6) is 0.0704. The fourth-order valence-corrected chi connectivity index (χ4v) is 4.70. The van der Waals surface area contributed by atoms with Crippen LogP contribution < -0.4 is 10.2 Å². The van der Waals surface area contributed by atoms with Gasteiger partial charge in [-0.25, -0.2) is 4.79 Å². The molecule has 1 atom stereocenters. The molecule has 4 rings (SSSR count). The molecular formula is C25H32Cl2N2O2. The van der Waals surface area contributed by atoms with E-state index in [1.54, 1.807) is 0 Å². The molecule has 2 aromatic carbocycles. The molecule has 1 N–H and O–H groups in total. The van der Waals surface area contributed by atoms with E-state index in [2.05, 4.69) is 30.1 Å². The molecule has 6 heteroatoms. The average molecular weight is 463 g/mol.